The van der Waals surface area contributed by atoms with Gasteiger partial charge in [0.1, 0.15) is 5.69 Å². The van der Waals surface area contributed by atoms with Gasteiger partial charge in [0.15, 0.2) is 0 Å². The SMILES string of the molecule is Cc1sc(-n2nc(-c3ccc(Br)cc3)c(Cl)c2-c2ccc(Br)cc2)nc1-c1ccccc1. The lowest BCUT2D eigenvalue weighted by Gasteiger charge is -2.05. The summed E-state index contributed by atoms with van der Waals surface area (Å²) in [4.78, 5) is 6.09. The molecule has 0 amide bonds. The zero-order valence-corrected chi connectivity index (χ0v) is 21.6. The van der Waals surface area contributed by atoms with Gasteiger partial charge in [0, 0.05) is 30.5 Å². The van der Waals surface area contributed by atoms with Gasteiger partial charge in [-0.2, -0.15) is 5.10 Å². The molecule has 7 heteroatoms. The van der Waals surface area contributed by atoms with Crippen molar-refractivity contribution in [2.45, 2.75) is 6.92 Å². The Hall–Kier alpha value is -2.25. The van der Waals surface area contributed by atoms with Crippen molar-refractivity contribution in [1.29, 1.82) is 0 Å². The van der Waals surface area contributed by atoms with E-state index in [9.17, 15) is 0 Å². The van der Waals surface area contributed by atoms with Crippen molar-refractivity contribution in [2.24, 2.45) is 0 Å². The van der Waals surface area contributed by atoms with E-state index in [1.165, 1.54) is 0 Å². The summed E-state index contributed by atoms with van der Waals surface area (Å²) in [5.41, 5.74) is 5.53. The molecule has 2 aromatic heterocycles. The van der Waals surface area contributed by atoms with E-state index in [2.05, 4.69) is 50.9 Å². The standard InChI is InChI=1S/C25H16Br2ClN3S/c1-15-22(16-5-3-2-4-6-16)29-25(32-15)31-24(18-9-13-20(27)14-10-18)21(28)23(30-31)17-7-11-19(26)12-8-17/h2-14H,1H3. The van der Waals surface area contributed by atoms with Crippen LogP contribution in [0.25, 0.3) is 38.9 Å². The van der Waals surface area contributed by atoms with Gasteiger partial charge in [0.05, 0.1) is 16.4 Å². The van der Waals surface area contributed by atoms with Gasteiger partial charge in [-0.3, -0.25) is 0 Å². The summed E-state index contributed by atoms with van der Waals surface area (Å²) in [5, 5.41) is 6.32. The largest absolute Gasteiger partial charge is 0.218 e. The zero-order valence-electron chi connectivity index (χ0n) is 16.9. The highest BCUT2D eigenvalue weighted by molar-refractivity contribution is 9.10. The molecule has 0 bridgehead atoms. The van der Waals surface area contributed by atoms with Crippen molar-refractivity contribution in [3.05, 3.63) is 97.7 Å². The summed E-state index contributed by atoms with van der Waals surface area (Å²) in [7, 11) is 0. The molecular formula is C25H16Br2ClN3S. The molecule has 0 radical (unpaired) electrons. The molecule has 0 saturated carbocycles. The molecule has 5 rings (SSSR count). The third-order valence-corrected chi connectivity index (χ3v) is 7.44. The normalized spacial score (nSPS) is 11.1. The maximum Gasteiger partial charge on any atom is 0.211 e. The molecule has 0 aliphatic carbocycles. The predicted octanol–water partition coefficient (Wildman–Crippen LogP) is 8.82. The minimum atomic E-state index is 0.601. The molecule has 158 valence electrons. The quantitative estimate of drug-likeness (QED) is 0.211. The fourth-order valence-electron chi connectivity index (χ4n) is 3.52. The number of hydrogen-bond donors (Lipinski definition) is 0. The van der Waals surface area contributed by atoms with Crippen LogP contribution in [0.3, 0.4) is 0 Å². The van der Waals surface area contributed by atoms with Crippen molar-refractivity contribution in [3.63, 3.8) is 0 Å². The van der Waals surface area contributed by atoms with Gasteiger partial charge < -0.3 is 0 Å². The number of aryl methyl sites for hydroxylation is 1. The Kier molecular flexibility index (Phi) is 6.03. The molecule has 5 aromatic rings. The molecule has 0 unspecified atom stereocenters. The first-order chi connectivity index (χ1) is 15.5. The van der Waals surface area contributed by atoms with Gasteiger partial charge in [-0.05, 0) is 31.2 Å². The Morgan fingerprint density at radius 3 is 1.94 bits per heavy atom. The number of rotatable bonds is 4. The molecule has 0 aliphatic heterocycles. The monoisotopic (exact) mass is 583 g/mol. The number of thiazole rings is 1. The summed E-state index contributed by atoms with van der Waals surface area (Å²) in [5.74, 6) is 0. The van der Waals surface area contributed by atoms with Crippen LogP contribution in [0.5, 0.6) is 0 Å². The first kappa shape index (κ1) is 21.6. The fraction of sp³-hybridized carbons (Fsp3) is 0.0400. The van der Waals surface area contributed by atoms with E-state index in [1.807, 2.05) is 71.4 Å². The Labute approximate surface area is 212 Å². The Morgan fingerprint density at radius 2 is 1.31 bits per heavy atom. The molecule has 0 fully saturated rings. The van der Waals surface area contributed by atoms with Crippen LogP contribution in [0.2, 0.25) is 5.02 Å². The highest BCUT2D eigenvalue weighted by Gasteiger charge is 2.23. The molecule has 3 aromatic carbocycles. The summed E-state index contributed by atoms with van der Waals surface area (Å²) in [6, 6.07) is 26.3. The van der Waals surface area contributed by atoms with Crippen LogP contribution in [0.15, 0.2) is 87.8 Å². The van der Waals surface area contributed by atoms with Gasteiger partial charge in [-0.1, -0.05) is 109 Å². The lowest BCUT2D eigenvalue weighted by Crippen LogP contribution is -1.99. The highest BCUT2D eigenvalue weighted by atomic mass is 79.9. The van der Waals surface area contributed by atoms with Crippen LogP contribution in [0.1, 0.15) is 4.88 Å². The third-order valence-electron chi connectivity index (χ3n) is 5.08. The zero-order chi connectivity index (χ0) is 22.2. The minimum absolute atomic E-state index is 0.601. The molecule has 0 N–H and O–H groups in total. The van der Waals surface area contributed by atoms with E-state index in [0.29, 0.717) is 5.02 Å². The van der Waals surface area contributed by atoms with Crippen molar-refractivity contribution >= 4 is 54.8 Å². The third kappa shape index (κ3) is 4.08. The van der Waals surface area contributed by atoms with E-state index >= 15 is 0 Å². The smallest absolute Gasteiger partial charge is 0.211 e. The second-order valence-electron chi connectivity index (χ2n) is 7.20. The first-order valence-electron chi connectivity index (χ1n) is 9.85. The topological polar surface area (TPSA) is 30.7 Å². The summed E-state index contributed by atoms with van der Waals surface area (Å²) >= 11 is 15.6. The lowest BCUT2D eigenvalue weighted by molar-refractivity contribution is 0.881. The summed E-state index contributed by atoms with van der Waals surface area (Å²) in [6.07, 6.45) is 0. The van der Waals surface area contributed by atoms with Crippen molar-refractivity contribution in [2.75, 3.05) is 0 Å². The number of nitrogens with zero attached hydrogens (tertiary/aromatic N) is 3. The minimum Gasteiger partial charge on any atom is -0.218 e. The molecule has 0 aliphatic rings. The van der Waals surface area contributed by atoms with Gasteiger partial charge in [-0.15, -0.1) is 0 Å². The molecule has 2 heterocycles. The fourth-order valence-corrected chi connectivity index (χ4v) is 5.28. The maximum absolute atomic E-state index is 6.96. The molecule has 3 nitrogen and oxygen atoms in total. The van der Waals surface area contributed by atoms with Crippen LogP contribution in [-0.2, 0) is 0 Å². The second-order valence-corrected chi connectivity index (χ2v) is 10.6. The molecule has 0 atom stereocenters. The molecular weight excluding hydrogens is 570 g/mol. The van der Waals surface area contributed by atoms with E-state index in [4.69, 9.17) is 21.7 Å². The molecule has 0 saturated heterocycles. The van der Waals surface area contributed by atoms with E-state index in [0.717, 1.165) is 52.7 Å². The Morgan fingerprint density at radius 1 is 0.750 bits per heavy atom. The number of hydrogen-bond acceptors (Lipinski definition) is 3. The maximum atomic E-state index is 6.96. The van der Waals surface area contributed by atoms with Crippen molar-refractivity contribution < 1.29 is 0 Å². The summed E-state index contributed by atoms with van der Waals surface area (Å²) < 4.78 is 3.88. The van der Waals surface area contributed by atoms with Crippen LogP contribution < -0.4 is 0 Å². The summed E-state index contributed by atoms with van der Waals surface area (Å²) in [6.45, 7) is 2.09. The van der Waals surface area contributed by atoms with E-state index < -0.39 is 0 Å². The predicted molar refractivity (Wildman–Crippen MR) is 141 cm³/mol. The van der Waals surface area contributed by atoms with Gasteiger partial charge in [0.2, 0.25) is 5.13 Å². The van der Waals surface area contributed by atoms with E-state index in [1.54, 1.807) is 11.3 Å². The number of halogens is 3. The molecule has 32 heavy (non-hydrogen) atoms. The number of benzene rings is 3. The lowest BCUT2D eigenvalue weighted by atomic mass is 10.1. The first-order valence-corrected chi connectivity index (χ1v) is 12.6. The van der Waals surface area contributed by atoms with Crippen molar-refractivity contribution in [1.82, 2.24) is 14.8 Å². The van der Waals surface area contributed by atoms with Crippen LogP contribution in [0, 0.1) is 6.92 Å². The highest BCUT2D eigenvalue weighted by Crippen LogP contribution is 2.40. The van der Waals surface area contributed by atoms with Crippen LogP contribution in [-0.4, -0.2) is 14.8 Å². The van der Waals surface area contributed by atoms with Crippen molar-refractivity contribution in [3.8, 4) is 38.9 Å². The van der Waals surface area contributed by atoms with Gasteiger partial charge in [0.25, 0.3) is 0 Å². The average Bonchev–Trinajstić information content (AvgIpc) is 3.36. The van der Waals surface area contributed by atoms with Crippen LogP contribution in [0.4, 0.5) is 0 Å². The van der Waals surface area contributed by atoms with Gasteiger partial charge in [-0.25, -0.2) is 9.67 Å². The Balaban J connectivity index is 1.72. The molecule has 0 spiro atoms. The second kappa shape index (κ2) is 8.94. The van der Waals surface area contributed by atoms with E-state index in [-0.39, 0.29) is 0 Å². The number of aromatic nitrogens is 3. The average molecular weight is 586 g/mol. The Bertz CT molecular complexity index is 1390. The van der Waals surface area contributed by atoms with Gasteiger partial charge >= 0.3 is 0 Å². The van der Waals surface area contributed by atoms with Crippen LogP contribution >= 0.6 is 54.8 Å².